The van der Waals surface area contributed by atoms with Crippen LogP contribution in [0.3, 0.4) is 0 Å². The van der Waals surface area contributed by atoms with Crippen LogP contribution in [-0.2, 0) is 19.9 Å². The molecular formula is C42H44N6O7. The summed E-state index contributed by atoms with van der Waals surface area (Å²) in [4.78, 5) is 37.9. The molecule has 7 rings (SSSR count). The van der Waals surface area contributed by atoms with Gasteiger partial charge in [0.05, 0.1) is 26.9 Å². The Hall–Kier alpha value is -6.02. The highest BCUT2D eigenvalue weighted by molar-refractivity contribution is 5.91. The molecule has 0 radical (unpaired) electrons. The van der Waals surface area contributed by atoms with Gasteiger partial charge in [-0.05, 0) is 60.0 Å². The lowest BCUT2D eigenvalue weighted by molar-refractivity contribution is -0.118. The Balaban J connectivity index is 1.27. The zero-order valence-corrected chi connectivity index (χ0v) is 31.3. The lowest BCUT2D eigenvalue weighted by atomic mass is 9.80. The summed E-state index contributed by atoms with van der Waals surface area (Å²) in [7, 11) is 3.24. The first-order valence-electron chi connectivity index (χ1n) is 18.1. The van der Waals surface area contributed by atoms with Gasteiger partial charge >= 0.3 is 0 Å². The van der Waals surface area contributed by atoms with E-state index in [-0.39, 0.29) is 47.9 Å². The number of rotatable bonds is 13. The molecule has 1 fully saturated rings. The number of aliphatic hydroxyl groups is 1. The van der Waals surface area contributed by atoms with Crippen LogP contribution in [0.25, 0.3) is 11.2 Å². The van der Waals surface area contributed by atoms with Gasteiger partial charge in [0.15, 0.2) is 11.2 Å². The minimum atomic E-state index is -1.14. The summed E-state index contributed by atoms with van der Waals surface area (Å²) in [5.41, 5.74) is 2.85. The van der Waals surface area contributed by atoms with Crippen molar-refractivity contribution < 1.29 is 28.8 Å². The fourth-order valence-corrected chi connectivity index (χ4v) is 6.74. The predicted octanol–water partition coefficient (Wildman–Crippen LogP) is 6.44. The molecule has 0 aliphatic carbocycles. The lowest BCUT2D eigenvalue weighted by Gasteiger charge is -2.37. The maximum Gasteiger partial charge on any atom is 0.280 e. The van der Waals surface area contributed by atoms with Crippen molar-refractivity contribution in [2.45, 2.75) is 51.2 Å². The Morgan fingerprint density at radius 3 is 2.09 bits per heavy atom. The zero-order chi connectivity index (χ0) is 38.7. The minimum Gasteiger partial charge on any atom is -0.497 e. The third-order valence-electron chi connectivity index (χ3n) is 9.75. The van der Waals surface area contributed by atoms with Gasteiger partial charge in [0, 0.05) is 18.0 Å². The maximum absolute atomic E-state index is 13.4. The number of carbonyl (C=O) groups excluding carboxylic acids is 1. The number of anilines is 3. The molecule has 0 unspecified atom stereocenters. The number of aromatic amines is 1. The highest BCUT2D eigenvalue weighted by Gasteiger charge is 2.43. The number of aryl methyl sites for hydroxylation is 1. The number of imidazole rings is 1. The number of nitrogens with one attached hydrogen (secondary N) is 3. The molecule has 2 aromatic heterocycles. The second kappa shape index (κ2) is 15.8. The second-order valence-corrected chi connectivity index (χ2v) is 13.8. The first-order chi connectivity index (χ1) is 26.6. The number of fused-ring (bicyclic) bond motifs is 1. The average molecular weight is 745 g/mol. The van der Waals surface area contributed by atoms with Gasteiger partial charge < -0.3 is 29.4 Å². The number of benzene rings is 4. The molecule has 13 heteroatoms. The topological polar surface area (TPSA) is 162 Å². The third kappa shape index (κ3) is 7.54. The van der Waals surface area contributed by atoms with Crippen molar-refractivity contribution in [3.63, 3.8) is 0 Å². The molecule has 3 atom stereocenters. The van der Waals surface area contributed by atoms with Gasteiger partial charge in [0.1, 0.15) is 29.4 Å². The molecule has 0 spiro atoms. The SMILES string of the molecule is COc1ccc(C(OC[C@H]2O[C@@H](n3c(Nc4ccc(C)cc4)nc4c(=O)[nH]c(NC(=O)C(C)C)nc43)C[C@@H]2O)(c2ccccc2)c2ccc(OC)cc2)cc1. The molecular weight excluding hydrogens is 700 g/mol. The Morgan fingerprint density at radius 1 is 0.909 bits per heavy atom. The molecule has 55 heavy (non-hydrogen) atoms. The van der Waals surface area contributed by atoms with E-state index in [9.17, 15) is 14.7 Å². The zero-order valence-electron chi connectivity index (χ0n) is 31.3. The normalized spacial score (nSPS) is 17.0. The van der Waals surface area contributed by atoms with Crippen molar-refractivity contribution in [2.75, 3.05) is 31.5 Å². The van der Waals surface area contributed by atoms with Gasteiger partial charge in [-0.1, -0.05) is 86.1 Å². The number of hydrogen-bond donors (Lipinski definition) is 4. The second-order valence-electron chi connectivity index (χ2n) is 13.8. The van der Waals surface area contributed by atoms with E-state index in [4.69, 9.17) is 18.9 Å². The van der Waals surface area contributed by atoms with Crippen LogP contribution in [0, 0.1) is 12.8 Å². The number of hydrogen-bond acceptors (Lipinski definition) is 10. The van der Waals surface area contributed by atoms with Crippen LogP contribution in [0.5, 0.6) is 11.5 Å². The van der Waals surface area contributed by atoms with Gasteiger partial charge in [0.25, 0.3) is 5.56 Å². The first-order valence-corrected chi connectivity index (χ1v) is 18.1. The van der Waals surface area contributed by atoms with Crippen molar-refractivity contribution in [2.24, 2.45) is 5.92 Å². The van der Waals surface area contributed by atoms with E-state index < -0.39 is 29.6 Å². The van der Waals surface area contributed by atoms with Crippen LogP contribution in [0.2, 0.25) is 0 Å². The minimum absolute atomic E-state index is 0.0238. The third-order valence-corrected chi connectivity index (χ3v) is 9.75. The fourth-order valence-electron chi connectivity index (χ4n) is 6.74. The summed E-state index contributed by atoms with van der Waals surface area (Å²) in [6.07, 6.45) is -2.47. The number of aromatic nitrogens is 4. The van der Waals surface area contributed by atoms with E-state index in [1.807, 2.05) is 110 Å². The first kappa shape index (κ1) is 37.3. The van der Waals surface area contributed by atoms with Gasteiger partial charge in [-0.25, -0.2) is 4.98 Å². The van der Waals surface area contributed by atoms with Crippen LogP contribution in [0.1, 0.15) is 48.8 Å². The summed E-state index contributed by atoms with van der Waals surface area (Å²) < 4.78 is 26.3. The Morgan fingerprint density at radius 2 is 1.51 bits per heavy atom. The van der Waals surface area contributed by atoms with Crippen molar-refractivity contribution in [3.8, 4) is 11.5 Å². The molecule has 13 nitrogen and oxygen atoms in total. The van der Waals surface area contributed by atoms with E-state index in [2.05, 4.69) is 25.6 Å². The van der Waals surface area contributed by atoms with Crippen molar-refractivity contribution in [3.05, 3.63) is 136 Å². The van der Waals surface area contributed by atoms with Crippen LogP contribution >= 0.6 is 0 Å². The molecule has 1 aliphatic heterocycles. The monoisotopic (exact) mass is 744 g/mol. The summed E-state index contributed by atoms with van der Waals surface area (Å²) in [5.74, 6) is 0.978. The quantitative estimate of drug-likeness (QED) is 0.0969. The van der Waals surface area contributed by atoms with E-state index in [1.54, 1.807) is 32.6 Å². The summed E-state index contributed by atoms with van der Waals surface area (Å²) >= 11 is 0. The molecule has 0 bridgehead atoms. The number of nitrogens with zero attached hydrogens (tertiary/aromatic N) is 3. The molecule has 3 heterocycles. The van der Waals surface area contributed by atoms with E-state index in [0.717, 1.165) is 27.9 Å². The number of methoxy groups -OCH3 is 2. The molecule has 6 aromatic rings. The Kier molecular flexibility index (Phi) is 10.7. The lowest BCUT2D eigenvalue weighted by Crippen LogP contribution is -2.38. The van der Waals surface area contributed by atoms with Crippen LogP contribution in [-0.4, -0.2) is 63.6 Å². The van der Waals surface area contributed by atoms with Crippen molar-refractivity contribution in [1.29, 1.82) is 0 Å². The Labute approximate surface area is 318 Å². The number of H-pyrrole nitrogens is 1. The van der Waals surface area contributed by atoms with Crippen LogP contribution in [0.4, 0.5) is 17.6 Å². The highest BCUT2D eigenvalue weighted by Crippen LogP contribution is 2.43. The van der Waals surface area contributed by atoms with Gasteiger partial charge in [0.2, 0.25) is 17.8 Å². The fraction of sp³-hybridized carbons (Fsp3) is 0.286. The molecule has 1 amide bonds. The summed E-state index contributed by atoms with van der Waals surface area (Å²) in [5, 5.41) is 17.6. The summed E-state index contributed by atoms with van der Waals surface area (Å²) in [6, 6.07) is 32.9. The Bertz CT molecular complexity index is 2260. The van der Waals surface area contributed by atoms with Crippen LogP contribution in [0.15, 0.2) is 108 Å². The largest absolute Gasteiger partial charge is 0.497 e. The van der Waals surface area contributed by atoms with Crippen molar-refractivity contribution >= 4 is 34.7 Å². The van der Waals surface area contributed by atoms with E-state index in [1.165, 1.54) is 0 Å². The predicted molar refractivity (Wildman–Crippen MR) is 209 cm³/mol. The molecule has 4 aromatic carbocycles. The molecule has 1 saturated heterocycles. The van der Waals surface area contributed by atoms with Gasteiger partial charge in [-0.15, -0.1) is 0 Å². The van der Waals surface area contributed by atoms with E-state index >= 15 is 0 Å². The van der Waals surface area contributed by atoms with E-state index in [0.29, 0.717) is 11.5 Å². The highest BCUT2D eigenvalue weighted by atomic mass is 16.6. The number of carbonyl (C=O) groups is 1. The maximum atomic E-state index is 13.4. The smallest absolute Gasteiger partial charge is 0.280 e. The molecule has 4 N–H and O–H groups in total. The standard InChI is InChI=1S/C42H44N6O7/c1-25(2)38(50)46-40-45-37-36(39(51)47-40)44-41(43-30-17-11-26(3)12-18-30)48(37)35-23-33(49)34(55-35)24-54-42(27-9-7-6-8-10-27,28-13-19-31(52-4)20-14-28)29-15-21-32(53-5)22-16-29/h6-22,25,33-35,49H,23-24H2,1-5H3,(H,43,44)(H2,45,46,47,50,51)/t33-,34+,35+/m0/s1. The summed E-state index contributed by atoms with van der Waals surface area (Å²) in [6.45, 7) is 5.44. The van der Waals surface area contributed by atoms with Gasteiger partial charge in [-0.3, -0.25) is 24.5 Å². The van der Waals surface area contributed by atoms with Gasteiger partial charge in [-0.2, -0.15) is 4.98 Å². The van der Waals surface area contributed by atoms with Crippen LogP contribution < -0.4 is 25.7 Å². The number of ether oxygens (including phenoxy) is 4. The number of amides is 1. The molecule has 0 saturated carbocycles. The molecule has 1 aliphatic rings. The molecule has 284 valence electrons. The number of aliphatic hydroxyl groups excluding tert-OH is 1. The van der Waals surface area contributed by atoms with Crippen molar-refractivity contribution in [1.82, 2.24) is 19.5 Å². The average Bonchev–Trinajstić information content (AvgIpc) is 3.75.